The van der Waals surface area contributed by atoms with E-state index in [4.69, 9.17) is 0 Å². The van der Waals surface area contributed by atoms with Gasteiger partial charge in [0.1, 0.15) is 9.79 Å². The number of nitrogens with one attached hydrogen (secondary N) is 1. The molecule has 1 aliphatic rings. The molecule has 0 saturated carbocycles. The van der Waals surface area contributed by atoms with Gasteiger partial charge in [0.2, 0.25) is 10.0 Å². The zero-order chi connectivity index (χ0) is 17.2. The molecule has 0 unspecified atom stereocenters. The van der Waals surface area contributed by atoms with Crippen molar-refractivity contribution in [3.63, 3.8) is 0 Å². The van der Waals surface area contributed by atoms with Crippen LogP contribution in [0.15, 0.2) is 58.6 Å². The summed E-state index contributed by atoms with van der Waals surface area (Å²) >= 11 is 0. The molecule has 2 heterocycles. The average Bonchev–Trinajstić information content (AvgIpc) is 3.11. The van der Waals surface area contributed by atoms with Crippen molar-refractivity contribution in [3.8, 4) is 0 Å². The fourth-order valence-electron chi connectivity index (χ4n) is 2.58. The smallest absolute Gasteiger partial charge is 0.263 e. The molecule has 0 aliphatic carbocycles. The van der Waals surface area contributed by atoms with E-state index in [1.807, 2.05) is 0 Å². The molecule has 1 fully saturated rings. The van der Waals surface area contributed by atoms with Gasteiger partial charge >= 0.3 is 0 Å². The fourth-order valence-corrected chi connectivity index (χ4v) is 5.96. The molecule has 0 atom stereocenters. The number of pyridine rings is 1. The SMILES string of the molecule is O=S(=O)(Nc1ccncc1)c1ccccc1S(=O)(=O)N1CCCC1. The quantitative estimate of drug-likeness (QED) is 0.867. The summed E-state index contributed by atoms with van der Waals surface area (Å²) in [5, 5.41) is 0. The highest BCUT2D eigenvalue weighted by molar-refractivity contribution is 7.94. The van der Waals surface area contributed by atoms with Crippen LogP contribution < -0.4 is 4.72 Å². The Hall–Kier alpha value is -1.97. The second kappa shape index (κ2) is 6.50. The van der Waals surface area contributed by atoms with Crippen LogP contribution in [0, 0.1) is 0 Å². The largest absolute Gasteiger partial charge is 0.279 e. The molecule has 7 nitrogen and oxygen atoms in total. The predicted octanol–water partition coefficient (Wildman–Crippen LogP) is 1.67. The Morgan fingerprint density at radius 3 is 2.08 bits per heavy atom. The van der Waals surface area contributed by atoms with Gasteiger partial charge in [0, 0.05) is 25.5 Å². The van der Waals surface area contributed by atoms with Crippen LogP contribution in [0.25, 0.3) is 0 Å². The lowest BCUT2D eigenvalue weighted by atomic mass is 10.4. The van der Waals surface area contributed by atoms with Gasteiger partial charge in [-0.1, -0.05) is 12.1 Å². The van der Waals surface area contributed by atoms with Crippen LogP contribution in [0.4, 0.5) is 5.69 Å². The summed E-state index contributed by atoms with van der Waals surface area (Å²) in [4.78, 5) is 3.36. The van der Waals surface area contributed by atoms with Gasteiger partial charge < -0.3 is 0 Å². The Morgan fingerprint density at radius 1 is 0.875 bits per heavy atom. The van der Waals surface area contributed by atoms with Crippen molar-refractivity contribution < 1.29 is 16.8 Å². The third-order valence-corrected chi connectivity index (χ3v) is 7.28. The van der Waals surface area contributed by atoms with Gasteiger partial charge in [0.15, 0.2) is 0 Å². The zero-order valence-corrected chi connectivity index (χ0v) is 14.4. The van der Waals surface area contributed by atoms with E-state index in [2.05, 4.69) is 9.71 Å². The Labute approximate surface area is 141 Å². The van der Waals surface area contributed by atoms with Crippen LogP contribution in [0.3, 0.4) is 0 Å². The second-order valence-electron chi connectivity index (χ2n) is 5.40. The van der Waals surface area contributed by atoms with Crippen molar-refractivity contribution in [3.05, 3.63) is 48.8 Å². The minimum absolute atomic E-state index is 0.201. The number of rotatable bonds is 5. The standard InChI is InChI=1S/C15H17N3O4S2/c19-23(20,17-13-7-9-16-10-8-13)14-5-1-2-6-15(14)24(21,22)18-11-3-4-12-18/h1-2,5-10H,3-4,11-12H2,(H,16,17). The molecule has 9 heteroatoms. The van der Waals surface area contributed by atoms with Crippen molar-refractivity contribution in [2.45, 2.75) is 22.6 Å². The minimum Gasteiger partial charge on any atom is -0.279 e. The molecule has 3 rings (SSSR count). The molecule has 1 aromatic heterocycles. The first kappa shape index (κ1) is 16.9. The minimum atomic E-state index is -4.04. The molecule has 0 bridgehead atoms. The van der Waals surface area contributed by atoms with Gasteiger partial charge in [-0.25, -0.2) is 16.8 Å². The average molecular weight is 367 g/mol. The van der Waals surface area contributed by atoms with Gasteiger partial charge in [0.25, 0.3) is 10.0 Å². The summed E-state index contributed by atoms with van der Waals surface area (Å²) in [6.07, 6.45) is 4.46. The van der Waals surface area contributed by atoms with E-state index >= 15 is 0 Å². The fraction of sp³-hybridized carbons (Fsp3) is 0.267. The normalized spacial score (nSPS) is 16.2. The third kappa shape index (κ3) is 3.28. The number of sulfonamides is 2. The molecule has 1 N–H and O–H groups in total. The summed E-state index contributed by atoms with van der Waals surface area (Å²) < 4.78 is 54.6. The highest BCUT2D eigenvalue weighted by atomic mass is 32.2. The number of benzene rings is 1. The Bertz CT molecular complexity index is 922. The van der Waals surface area contributed by atoms with Crippen molar-refractivity contribution in [2.75, 3.05) is 17.8 Å². The molecule has 24 heavy (non-hydrogen) atoms. The Kier molecular flexibility index (Phi) is 4.57. The van der Waals surface area contributed by atoms with E-state index < -0.39 is 20.0 Å². The van der Waals surface area contributed by atoms with Crippen molar-refractivity contribution in [1.82, 2.24) is 9.29 Å². The predicted molar refractivity (Wildman–Crippen MR) is 89.5 cm³/mol. The van der Waals surface area contributed by atoms with Gasteiger partial charge in [-0.2, -0.15) is 4.31 Å². The Morgan fingerprint density at radius 2 is 1.46 bits per heavy atom. The summed E-state index contributed by atoms with van der Waals surface area (Å²) in [5.41, 5.74) is 0.318. The van der Waals surface area contributed by atoms with Crippen LogP contribution in [-0.2, 0) is 20.0 Å². The first-order chi connectivity index (χ1) is 11.4. The summed E-state index contributed by atoms with van der Waals surface area (Å²) in [5.74, 6) is 0. The lowest BCUT2D eigenvalue weighted by molar-refractivity contribution is 0.475. The zero-order valence-electron chi connectivity index (χ0n) is 12.8. The lowest BCUT2D eigenvalue weighted by Crippen LogP contribution is -2.29. The molecule has 2 aromatic rings. The summed E-state index contributed by atoms with van der Waals surface area (Å²) in [6.45, 7) is 0.822. The number of nitrogens with zero attached hydrogens (tertiary/aromatic N) is 2. The lowest BCUT2D eigenvalue weighted by Gasteiger charge is -2.18. The molecular weight excluding hydrogens is 350 g/mol. The molecular formula is C15H17N3O4S2. The summed E-state index contributed by atoms with van der Waals surface area (Å²) in [6, 6.07) is 8.64. The van der Waals surface area contributed by atoms with E-state index in [-0.39, 0.29) is 9.79 Å². The number of anilines is 1. The maximum atomic E-state index is 12.8. The van der Waals surface area contributed by atoms with E-state index in [9.17, 15) is 16.8 Å². The monoisotopic (exact) mass is 367 g/mol. The molecule has 0 spiro atoms. The molecule has 0 radical (unpaired) electrons. The number of hydrogen-bond acceptors (Lipinski definition) is 5. The number of aromatic nitrogens is 1. The first-order valence-electron chi connectivity index (χ1n) is 7.43. The topological polar surface area (TPSA) is 96.4 Å². The van der Waals surface area contributed by atoms with E-state index in [0.717, 1.165) is 12.8 Å². The van der Waals surface area contributed by atoms with Gasteiger partial charge in [-0.05, 0) is 37.1 Å². The third-order valence-electron chi connectivity index (χ3n) is 3.75. The van der Waals surface area contributed by atoms with Crippen molar-refractivity contribution in [1.29, 1.82) is 0 Å². The second-order valence-corrected chi connectivity index (χ2v) is 8.96. The van der Waals surface area contributed by atoms with Crippen LogP contribution >= 0.6 is 0 Å². The van der Waals surface area contributed by atoms with Gasteiger partial charge in [0.05, 0.1) is 5.69 Å². The van der Waals surface area contributed by atoms with E-state index in [1.165, 1.54) is 53.1 Å². The molecule has 1 aromatic carbocycles. The van der Waals surface area contributed by atoms with Crippen LogP contribution in [-0.4, -0.2) is 39.2 Å². The molecule has 1 saturated heterocycles. The molecule has 1 aliphatic heterocycles. The highest BCUT2D eigenvalue weighted by Crippen LogP contribution is 2.27. The van der Waals surface area contributed by atoms with Crippen molar-refractivity contribution in [2.24, 2.45) is 0 Å². The maximum absolute atomic E-state index is 12.8. The van der Waals surface area contributed by atoms with Crippen LogP contribution in [0.1, 0.15) is 12.8 Å². The molecule has 128 valence electrons. The highest BCUT2D eigenvalue weighted by Gasteiger charge is 2.32. The first-order valence-corrected chi connectivity index (χ1v) is 10.4. The Balaban J connectivity index is 2.03. The maximum Gasteiger partial charge on any atom is 0.263 e. The van der Waals surface area contributed by atoms with Crippen molar-refractivity contribution >= 4 is 25.7 Å². The summed E-state index contributed by atoms with van der Waals surface area (Å²) in [7, 11) is -7.88. The molecule has 0 amide bonds. The number of hydrogen-bond donors (Lipinski definition) is 1. The van der Waals surface area contributed by atoms with Gasteiger partial charge in [-0.3, -0.25) is 9.71 Å². The van der Waals surface area contributed by atoms with Gasteiger partial charge in [-0.15, -0.1) is 0 Å². The van der Waals surface area contributed by atoms with E-state index in [1.54, 1.807) is 0 Å². The van der Waals surface area contributed by atoms with Crippen LogP contribution in [0.5, 0.6) is 0 Å². The van der Waals surface area contributed by atoms with Crippen LogP contribution in [0.2, 0.25) is 0 Å². The van der Waals surface area contributed by atoms with E-state index in [0.29, 0.717) is 18.8 Å².